The molecule has 1 N–H and O–H groups in total. The summed E-state index contributed by atoms with van der Waals surface area (Å²) in [6, 6.07) is 15.1. The van der Waals surface area contributed by atoms with Crippen molar-refractivity contribution in [2.75, 3.05) is 32.0 Å². The highest BCUT2D eigenvalue weighted by molar-refractivity contribution is 7.92. The van der Waals surface area contributed by atoms with Crippen LogP contribution in [0.15, 0.2) is 59.5 Å². The van der Waals surface area contributed by atoms with Crippen LogP contribution in [0.5, 0.6) is 0 Å². The Morgan fingerprint density at radius 3 is 2.04 bits per heavy atom. The van der Waals surface area contributed by atoms with Crippen LogP contribution < -0.4 is 9.62 Å². The number of rotatable bonds is 8. The van der Waals surface area contributed by atoms with Crippen molar-refractivity contribution < 1.29 is 13.2 Å². The number of amides is 1. The first-order valence-electron chi connectivity index (χ1n) is 9.23. The average Bonchev–Trinajstić information content (AvgIpc) is 2.67. The van der Waals surface area contributed by atoms with E-state index in [0.29, 0.717) is 23.7 Å². The van der Waals surface area contributed by atoms with Crippen LogP contribution in [0.25, 0.3) is 0 Å². The molecule has 1 atom stereocenters. The van der Waals surface area contributed by atoms with E-state index >= 15 is 0 Å². The second kappa shape index (κ2) is 9.21. The number of hydrogen-bond donors (Lipinski definition) is 1. The van der Waals surface area contributed by atoms with E-state index in [9.17, 15) is 13.2 Å². The predicted molar refractivity (Wildman–Crippen MR) is 113 cm³/mol. The highest BCUT2D eigenvalue weighted by Gasteiger charge is 2.22. The minimum atomic E-state index is -3.69. The van der Waals surface area contributed by atoms with Crippen LogP contribution in [-0.4, -0.2) is 53.0 Å². The zero-order chi connectivity index (χ0) is 20.9. The summed E-state index contributed by atoms with van der Waals surface area (Å²) in [6.45, 7) is 4.75. The maximum absolute atomic E-state index is 12.8. The highest BCUT2D eigenvalue weighted by atomic mass is 32.2. The van der Waals surface area contributed by atoms with Gasteiger partial charge in [0.05, 0.1) is 10.6 Å². The molecule has 0 aliphatic rings. The summed E-state index contributed by atoms with van der Waals surface area (Å²) in [6.07, 6.45) is 0. The van der Waals surface area contributed by atoms with Gasteiger partial charge in [0.1, 0.15) is 0 Å². The average molecular weight is 404 g/mol. The van der Waals surface area contributed by atoms with Crippen molar-refractivity contribution in [2.45, 2.75) is 24.8 Å². The molecule has 0 saturated carbocycles. The fourth-order valence-corrected chi connectivity index (χ4v) is 4.22. The third-order valence-corrected chi connectivity index (χ3v) is 6.60. The zero-order valence-electron chi connectivity index (χ0n) is 17.1. The first-order chi connectivity index (χ1) is 13.1. The maximum Gasteiger partial charge on any atom is 0.264 e. The van der Waals surface area contributed by atoms with Gasteiger partial charge in [-0.15, -0.1) is 0 Å². The molecule has 0 radical (unpaired) electrons. The van der Waals surface area contributed by atoms with Crippen LogP contribution in [0.1, 0.15) is 24.2 Å². The number of carbonyl (C=O) groups excluding carboxylic acids is 1. The van der Waals surface area contributed by atoms with Crippen molar-refractivity contribution in [3.05, 3.63) is 60.2 Å². The van der Waals surface area contributed by atoms with Crippen molar-refractivity contribution in [2.24, 2.45) is 5.92 Å². The zero-order valence-corrected chi connectivity index (χ0v) is 17.9. The van der Waals surface area contributed by atoms with Crippen LogP contribution in [0, 0.1) is 5.92 Å². The molecular formula is C21H29N3O3S. The van der Waals surface area contributed by atoms with Crippen molar-refractivity contribution in [3.8, 4) is 0 Å². The number of hydrogen-bond acceptors (Lipinski definition) is 4. The van der Waals surface area contributed by atoms with E-state index in [0.717, 1.165) is 0 Å². The van der Waals surface area contributed by atoms with Gasteiger partial charge in [-0.25, -0.2) is 8.42 Å². The van der Waals surface area contributed by atoms with E-state index in [-0.39, 0.29) is 16.8 Å². The Kier molecular flexibility index (Phi) is 7.21. The molecule has 2 aromatic carbocycles. The minimum Gasteiger partial charge on any atom is -0.350 e. The van der Waals surface area contributed by atoms with Crippen LogP contribution >= 0.6 is 0 Å². The molecule has 0 aliphatic carbocycles. The van der Waals surface area contributed by atoms with E-state index < -0.39 is 10.0 Å². The van der Waals surface area contributed by atoms with Gasteiger partial charge < -0.3 is 10.2 Å². The summed E-state index contributed by atoms with van der Waals surface area (Å²) in [5, 5.41) is 2.93. The van der Waals surface area contributed by atoms with Crippen LogP contribution in [0.4, 0.5) is 5.69 Å². The lowest BCUT2D eigenvalue weighted by molar-refractivity contribution is 0.0934. The number of likely N-dealkylation sites (N-methyl/N-ethyl adjacent to an activating group) is 1. The van der Waals surface area contributed by atoms with Crippen molar-refractivity contribution in [3.63, 3.8) is 0 Å². The molecule has 7 heteroatoms. The van der Waals surface area contributed by atoms with Gasteiger partial charge in [0.2, 0.25) is 0 Å². The van der Waals surface area contributed by atoms with Gasteiger partial charge in [-0.05, 0) is 56.4 Å². The third-order valence-electron chi connectivity index (χ3n) is 4.80. The number of anilines is 1. The highest BCUT2D eigenvalue weighted by Crippen LogP contribution is 2.21. The van der Waals surface area contributed by atoms with Crippen LogP contribution in [-0.2, 0) is 10.0 Å². The lowest BCUT2D eigenvalue weighted by Gasteiger charge is -2.28. The van der Waals surface area contributed by atoms with Gasteiger partial charge in [0.15, 0.2) is 0 Å². The molecular weight excluding hydrogens is 374 g/mol. The van der Waals surface area contributed by atoms with E-state index in [1.54, 1.807) is 36.4 Å². The predicted octanol–water partition coefficient (Wildman–Crippen LogP) is 2.83. The second-order valence-corrected chi connectivity index (χ2v) is 9.29. The van der Waals surface area contributed by atoms with Crippen LogP contribution in [0.3, 0.4) is 0 Å². The van der Waals surface area contributed by atoms with E-state index in [1.165, 1.54) is 23.5 Å². The third kappa shape index (κ3) is 5.11. The standard InChI is InChI=1S/C21H29N3O3S/c1-16(2)20(23(3)4)15-22-21(25)17-11-13-19(14-12-17)28(26,27)24(5)18-9-7-6-8-10-18/h6-14,16,20H,15H2,1-5H3,(H,22,25). The Labute approximate surface area is 168 Å². The van der Waals surface area contributed by atoms with Gasteiger partial charge in [0, 0.05) is 25.2 Å². The van der Waals surface area contributed by atoms with E-state index in [4.69, 9.17) is 0 Å². The summed E-state index contributed by atoms with van der Waals surface area (Å²) >= 11 is 0. The van der Waals surface area contributed by atoms with E-state index in [2.05, 4.69) is 24.1 Å². The topological polar surface area (TPSA) is 69.7 Å². The van der Waals surface area contributed by atoms with Gasteiger partial charge in [-0.1, -0.05) is 32.0 Å². The molecule has 2 aromatic rings. The largest absolute Gasteiger partial charge is 0.350 e. The van der Waals surface area contributed by atoms with Crippen molar-refractivity contribution >= 4 is 21.6 Å². The molecule has 0 saturated heterocycles. The molecule has 1 unspecified atom stereocenters. The molecule has 0 fully saturated rings. The summed E-state index contributed by atoms with van der Waals surface area (Å²) < 4.78 is 26.8. The molecule has 0 bridgehead atoms. The minimum absolute atomic E-state index is 0.142. The molecule has 0 aromatic heterocycles. The quantitative estimate of drug-likeness (QED) is 0.736. The monoisotopic (exact) mass is 403 g/mol. The Hall–Kier alpha value is -2.38. The lowest BCUT2D eigenvalue weighted by Crippen LogP contribution is -2.43. The van der Waals surface area contributed by atoms with Gasteiger partial charge in [0.25, 0.3) is 15.9 Å². The number of para-hydroxylation sites is 1. The molecule has 1 amide bonds. The van der Waals surface area contributed by atoms with Crippen LogP contribution in [0.2, 0.25) is 0 Å². The molecule has 28 heavy (non-hydrogen) atoms. The summed E-state index contributed by atoms with van der Waals surface area (Å²) in [5.41, 5.74) is 1.01. The lowest BCUT2D eigenvalue weighted by atomic mass is 10.0. The van der Waals surface area contributed by atoms with Gasteiger partial charge in [-0.3, -0.25) is 9.10 Å². The summed E-state index contributed by atoms with van der Waals surface area (Å²) in [4.78, 5) is 14.6. The number of nitrogens with one attached hydrogen (secondary N) is 1. The molecule has 0 heterocycles. The molecule has 2 rings (SSSR count). The fourth-order valence-electron chi connectivity index (χ4n) is 3.03. The Morgan fingerprint density at radius 2 is 1.54 bits per heavy atom. The number of sulfonamides is 1. The number of carbonyl (C=O) groups is 1. The normalized spacial score (nSPS) is 12.8. The smallest absolute Gasteiger partial charge is 0.264 e. The molecule has 0 aliphatic heterocycles. The summed E-state index contributed by atoms with van der Waals surface area (Å²) in [5.74, 6) is 0.184. The molecule has 6 nitrogen and oxygen atoms in total. The Morgan fingerprint density at radius 1 is 0.964 bits per heavy atom. The SMILES string of the molecule is CC(C)C(CNC(=O)c1ccc(S(=O)(=O)N(C)c2ccccc2)cc1)N(C)C. The second-order valence-electron chi connectivity index (χ2n) is 7.32. The van der Waals surface area contributed by atoms with Crippen molar-refractivity contribution in [1.82, 2.24) is 10.2 Å². The maximum atomic E-state index is 12.8. The first kappa shape index (κ1) is 21.9. The molecule has 0 spiro atoms. The van der Waals surface area contributed by atoms with E-state index in [1.807, 2.05) is 20.2 Å². The van der Waals surface area contributed by atoms with Gasteiger partial charge in [-0.2, -0.15) is 0 Å². The Bertz CT molecular complexity index is 871. The number of nitrogens with zero attached hydrogens (tertiary/aromatic N) is 2. The summed E-state index contributed by atoms with van der Waals surface area (Å²) in [7, 11) is 1.80. The van der Waals surface area contributed by atoms with Crippen molar-refractivity contribution in [1.29, 1.82) is 0 Å². The van der Waals surface area contributed by atoms with Gasteiger partial charge >= 0.3 is 0 Å². The first-order valence-corrected chi connectivity index (χ1v) is 10.7. The Balaban J connectivity index is 2.11. The molecule has 152 valence electrons. The number of benzene rings is 2. The fraction of sp³-hybridized carbons (Fsp3) is 0.381.